The van der Waals surface area contributed by atoms with Crippen molar-refractivity contribution in [1.29, 1.82) is 0 Å². The maximum absolute atomic E-state index is 11.3. The second-order valence-corrected chi connectivity index (χ2v) is 4.97. The lowest BCUT2D eigenvalue weighted by Crippen LogP contribution is -2.52. The maximum atomic E-state index is 11.3. The molecule has 0 bridgehead atoms. The molecule has 0 saturated heterocycles. The molecule has 4 heteroatoms. The van der Waals surface area contributed by atoms with Crippen molar-refractivity contribution in [3.63, 3.8) is 0 Å². The molecule has 1 fully saturated rings. The molecule has 1 aliphatic rings. The molecule has 0 radical (unpaired) electrons. The minimum Gasteiger partial charge on any atom is -0.487 e. The van der Waals surface area contributed by atoms with E-state index in [1.807, 2.05) is 32.0 Å². The smallest absolute Gasteiger partial charge is 0.169 e. The van der Waals surface area contributed by atoms with Crippen molar-refractivity contribution in [3.8, 4) is 5.75 Å². The standard InChI is InChI=1S/C13H15BrO3/c1-3-16-13-11(15)7-12(13)17-9-4-5-10(14)8(2)6-9/h4-6,12-13H,3,7H2,1-2H3. The van der Waals surface area contributed by atoms with Crippen LogP contribution < -0.4 is 4.74 Å². The van der Waals surface area contributed by atoms with E-state index in [1.165, 1.54) is 0 Å². The van der Waals surface area contributed by atoms with E-state index in [1.54, 1.807) is 0 Å². The Kier molecular flexibility index (Phi) is 3.84. The van der Waals surface area contributed by atoms with Gasteiger partial charge in [0, 0.05) is 17.5 Å². The van der Waals surface area contributed by atoms with E-state index in [2.05, 4.69) is 15.9 Å². The van der Waals surface area contributed by atoms with E-state index in [0.29, 0.717) is 13.0 Å². The van der Waals surface area contributed by atoms with Gasteiger partial charge in [-0.2, -0.15) is 0 Å². The van der Waals surface area contributed by atoms with E-state index >= 15 is 0 Å². The van der Waals surface area contributed by atoms with Gasteiger partial charge in [0.15, 0.2) is 11.9 Å². The van der Waals surface area contributed by atoms with E-state index < -0.39 is 0 Å². The van der Waals surface area contributed by atoms with Crippen LogP contribution in [0.4, 0.5) is 0 Å². The highest BCUT2D eigenvalue weighted by Crippen LogP contribution is 2.28. The van der Waals surface area contributed by atoms with Gasteiger partial charge >= 0.3 is 0 Å². The van der Waals surface area contributed by atoms with Gasteiger partial charge in [-0.25, -0.2) is 0 Å². The van der Waals surface area contributed by atoms with Crippen molar-refractivity contribution in [1.82, 2.24) is 0 Å². The van der Waals surface area contributed by atoms with Crippen LogP contribution >= 0.6 is 15.9 Å². The molecule has 0 N–H and O–H groups in total. The minimum atomic E-state index is -0.385. The van der Waals surface area contributed by atoms with Gasteiger partial charge in [-0.1, -0.05) is 15.9 Å². The number of Topliss-reactive ketones (excluding diaryl/α,β-unsaturated/α-hetero) is 1. The third kappa shape index (κ3) is 2.69. The van der Waals surface area contributed by atoms with E-state index in [0.717, 1.165) is 15.8 Å². The number of ketones is 1. The van der Waals surface area contributed by atoms with Crippen LogP contribution in [-0.2, 0) is 9.53 Å². The van der Waals surface area contributed by atoms with Gasteiger partial charge in [-0.3, -0.25) is 4.79 Å². The normalized spacial score (nSPS) is 23.4. The Morgan fingerprint density at radius 3 is 2.82 bits per heavy atom. The summed E-state index contributed by atoms with van der Waals surface area (Å²) in [7, 11) is 0. The lowest BCUT2D eigenvalue weighted by molar-refractivity contribution is -0.154. The summed E-state index contributed by atoms with van der Waals surface area (Å²) in [4.78, 5) is 11.3. The fourth-order valence-corrected chi connectivity index (χ4v) is 2.06. The van der Waals surface area contributed by atoms with Crippen molar-refractivity contribution < 1.29 is 14.3 Å². The van der Waals surface area contributed by atoms with Gasteiger partial charge in [-0.15, -0.1) is 0 Å². The Labute approximate surface area is 109 Å². The first-order chi connectivity index (χ1) is 8.11. The molecule has 2 unspecified atom stereocenters. The molecular formula is C13H15BrO3. The van der Waals surface area contributed by atoms with Crippen molar-refractivity contribution in [3.05, 3.63) is 28.2 Å². The van der Waals surface area contributed by atoms with Gasteiger partial charge < -0.3 is 9.47 Å². The van der Waals surface area contributed by atoms with Gasteiger partial charge in [-0.05, 0) is 37.6 Å². The summed E-state index contributed by atoms with van der Waals surface area (Å²) in [5.74, 6) is 0.915. The molecule has 1 aliphatic carbocycles. The molecule has 0 aromatic heterocycles. The SMILES string of the molecule is CCOC1C(=O)CC1Oc1ccc(Br)c(C)c1. The number of hydrogen-bond donors (Lipinski definition) is 0. The van der Waals surface area contributed by atoms with Crippen LogP contribution in [-0.4, -0.2) is 24.6 Å². The first-order valence-electron chi connectivity index (χ1n) is 5.69. The summed E-state index contributed by atoms with van der Waals surface area (Å²) < 4.78 is 12.2. The molecule has 92 valence electrons. The summed E-state index contributed by atoms with van der Waals surface area (Å²) in [5.41, 5.74) is 1.11. The average molecular weight is 299 g/mol. The third-order valence-electron chi connectivity index (χ3n) is 2.82. The molecule has 1 saturated carbocycles. The minimum absolute atomic E-state index is 0.130. The van der Waals surface area contributed by atoms with E-state index in [9.17, 15) is 4.79 Å². The third-order valence-corrected chi connectivity index (χ3v) is 3.71. The highest BCUT2D eigenvalue weighted by Gasteiger charge is 2.42. The van der Waals surface area contributed by atoms with Gasteiger partial charge in [0.2, 0.25) is 0 Å². The summed E-state index contributed by atoms with van der Waals surface area (Å²) in [6, 6.07) is 5.79. The summed E-state index contributed by atoms with van der Waals surface area (Å²) in [6.45, 7) is 4.42. The topological polar surface area (TPSA) is 35.5 Å². The second-order valence-electron chi connectivity index (χ2n) is 4.11. The maximum Gasteiger partial charge on any atom is 0.169 e. The summed E-state index contributed by atoms with van der Waals surface area (Å²) >= 11 is 3.44. The summed E-state index contributed by atoms with van der Waals surface area (Å²) in [5, 5.41) is 0. The van der Waals surface area contributed by atoms with Crippen molar-refractivity contribution in [2.24, 2.45) is 0 Å². The average Bonchev–Trinajstić information content (AvgIpc) is 2.30. The van der Waals surface area contributed by atoms with Crippen LogP contribution in [0.1, 0.15) is 18.9 Å². The molecule has 2 atom stereocenters. The van der Waals surface area contributed by atoms with Crippen LogP contribution in [0.25, 0.3) is 0 Å². The monoisotopic (exact) mass is 298 g/mol. The fraction of sp³-hybridized carbons (Fsp3) is 0.462. The second kappa shape index (κ2) is 5.19. The molecule has 0 heterocycles. The van der Waals surface area contributed by atoms with Crippen molar-refractivity contribution in [2.75, 3.05) is 6.61 Å². The number of carbonyl (C=O) groups is 1. The molecule has 0 amide bonds. The van der Waals surface area contributed by atoms with E-state index in [4.69, 9.17) is 9.47 Å². The molecule has 0 aliphatic heterocycles. The number of halogens is 1. The van der Waals surface area contributed by atoms with Gasteiger partial charge in [0.1, 0.15) is 11.9 Å². The largest absolute Gasteiger partial charge is 0.487 e. The fourth-order valence-electron chi connectivity index (χ4n) is 1.82. The predicted octanol–water partition coefficient (Wildman–Crippen LogP) is 2.88. The highest BCUT2D eigenvalue weighted by molar-refractivity contribution is 9.10. The van der Waals surface area contributed by atoms with Crippen LogP contribution in [0.5, 0.6) is 5.75 Å². The number of rotatable bonds is 4. The lowest BCUT2D eigenvalue weighted by atomic mass is 9.90. The van der Waals surface area contributed by atoms with Crippen LogP contribution in [0.15, 0.2) is 22.7 Å². The zero-order chi connectivity index (χ0) is 12.4. The highest BCUT2D eigenvalue weighted by atomic mass is 79.9. The van der Waals surface area contributed by atoms with Crippen LogP contribution in [0, 0.1) is 6.92 Å². The number of ether oxygens (including phenoxy) is 2. The molecule has 1 aromatic rings. The molecule has 2 rings (SSSR count). The van der Waals surface area contributed by atoms with Crippen LogP contribution in [0.3, 0.4) is 0 Å². The first-order valence-corrected chi connectivity index (χ1v) is 6.48. The Bertz CT molecular complexity index is 431. The molecule has 3 nitrogen and oxygen atoms in total. The zero-order valence-electron chi connectivity index (χ0n) is 9.90. The number of carbonyl (C=O) groups excluding carboxylic acids is 1. The Morgan fingerprint density at radius 1 is 1.47 bits per heavy atom. The van der Waals surface area contributed by atoms with Crippen LogP contribution in [0.2, 0.25) is 0 Å². The first kappa shape index (κ1) is 12.6. The lowest BCUT2D eigenvalue weighted by Gasteiger charge is -2.34. The Balaban J connectivity index is 2.01. The Hall–Kier alpha value is -0.870. The number of hydrogen-bond acceptors (Lipinski definition) is 3. The quantitative estimate of drug-likeness (QED) is 0.857. The molecule has 0 spiro atoms. The Morgan fingerprint density at radius 2 is 2.24 bits per heavy atom. The van der Waals surface area contributed by atoms with Gasteiger partial charge in [0.25, 0.3) is 0 Å². The van der Waals surface area contributed by atoms with Crippen molar-refractivity contribution >= 4 is 21.7 Å². The van der Waals surface area contributed by atoms with Crippen molar-refractivity contribution in [2.45, 2.75) is 32.5 Å². The number of benzene rings is 1. The zero-order valence-corrected chi connectivity index (χ0v) is 11.5. The van der Waals surface area contributed by atoms with Gasteiger partial charge in [0.05, 0.1) is 0 Å². The molecule has 1 aromatic carbocycles. The summed E-state index contributed by atoms with van der Waals surface area (Å²) in [6.07, 6.45) is -0.0771. The predicted molar refractivity (Wildman–Crippen MR) is 68.3 cm³/mol. The molecular weight excluding hydrogens is 284 g/mol. The van der Waals surface area contributed by atoms with E-state index in [-0.39, 0.29) is 18.0 Å². The number of aryl methyl sites for hydroxylation is 1. The molecule has 17 heavy (non-hydrogen) atoms.